The van der Waals surface area contributed by atoms with Crippen molar-refractivity contribution in [3.05, 3.63) is 54.1 Å². The summed E-state index contributed by atoms with van der Waals surface area (Å²) < 4.78 is 11.0. The van der Waals surface area contributed by atoms with Crippen molar-refractivity contribution in [1.29, 1.82) is 0 Å². The molecule has 1 N–H and O–H groups in total. The molecular formula is C23H29N3O3. The molecule has 2 aromatic rings. The van der Waals surface area contributed by atoms with Crippen molar-refractivity contribution in [3.63, 3.8) is 0 Å². The maximum Gasteiger partial charge on any atom is 0.231 e. The van der Waals surface area contributed by atoms with Gasteiger partial charge in [-0.2, -0.15) is 0 Å². The van der Waals surface area contributed by atoms with Gasteiger partial charge in [-0.15, -0.1) is 0 Å². The van der Waals surface area contributed by atoms with Gasteiger partial charge in [-0.1, -0.05) is 38.1 Å². The highest BCUT2D eigenvalue weighted by atomic mass is 16.7. The van der Waals surface area contributed by atoms with E-state index in [2.05, 4.69) is 51.5 Å². The molecular weight excluding hydrogens is 366 g/mol. The summed E-state index contributed by atoms with van der Waals surface area (Å²) >= 11 is 0. The van der Waals surface area contributed by atoms with E-state index >= 15 is 0 Å². The van der Waals surface area contributed by atoms with E-state index in [0.717, 1.165) is 43.2 Å². The van der Waals surface area contributed by atoms with Crippen molar-refractivity contribution < 1.29 is 14.3 Å². The number of nitrogens with zero attached hydrogens (tertiary/aromatic N) is 2. The van der Waals surface area contributed by atoms with E-state index < -0.39 is 0 Å². The van der Waals surface area contributed by atoms with E-state index in [4.69, 9.17) is 9.47 Å². The van der Waals surface area contributed by atoms with Gasteiger partial charge < -0.3 is 19.7 Å². The minimum atomic E-state index is -0.0256. The molecule has 6 heteroatoms. The highest BCUT2D eigenvalue weighted by molar-refractivity contribution is 5.77. The first-order valence-electron chi connectivity index (χ1n) is 10.3. The zero-order valence-electron chi connectivity index (χ0n) is 17.1. The Morgan fingerprint density at radius 1 is 1.00 bits per heavy atom. The number of ether oxygens (including phenoxy) is 2. The lowest BCUT2D eigenvalue weighted by Crippen LogP contribution is -2.50. The maximum absolute atomic E-state index is 12.2. The Morgan fingerprint density at radius 3 is 2.45 bits per heavy atom. The van der Waals surface area contributed by atoms with Crippen molar-refractivity contribution in [3.8, 4) is 11.5 Å². The minimum absolute atomic E-state index is 0.0256. The first-order chi connectivity index (χ1) is 14.1. The molecule has 6 nitrogen and oxygen atoms in total. The van der Waals surface area contributed by atoms with Gasteiger partial charge in [0.15, 0.2) is 11.5 Å². The zero-order valence-corrected chi connectivity index (χ0v) is 17.1. The van der Waals surface area contributed by atoms with Gasteiger partial charge >= 0.3 is 0 Å². The third kappa shape index (κ3) is 4.48. The molecule has 1 saturated heterocycles. The number of piperazine rings is 1. The van der Waals surface area contributed by atoms with E-state index in [0.29, 0.717) is 6.54 Å². The molecule has 0 aliphatic carbocycles. The fourth-order valence-corrected chi connectivity index (χ4v) is 3.91. The van der Waals surface area contributed by atoms with E-state index in [9.17, 15) is 4.79 Å². The zero-order chi connectivity index (χ0) is 20.2. The number of nitrogens with one attached hydrogen (secondary N) is 1. The number of benzene rings is 2. The lowest BCUT2D eigenvalue weighted by atomic mass is 10.0. The monoisotopic (exact) mass is 395 g/mol. The number of para-hydroxylation sites is 1. The van der Waals surface area contributed by atoms with Crippen molar-refractivity contribution in [2.24, 2.45) is 5.92 Å². The average molecular weight is 396 g/mol. The van der Waals surface area contributed by atoms with Crippen LogP contribution >= 0.6 is 0 Å². The van der Waals surface area contributed by atoms with Crippen LogP contribution in [-0.4, -0.2) is 50.3 Å². The summed E-state index contributed by atoms with van der Waals surface area (Å²) in [6.07, 6.45) is 0. The van der Waals surface area contributed by atoms with E-state index in [-0.39, 0.29) is 24.7 Å². The standard InChI is InChI=1S/C23H29N3O3/c1-17(2)23(27)24-15-20(18-8-9-21-22(14-18)29-16-28-21)26-12-10-25(11-13-26)19-6-4-3-5-7-19/h3-9,14,17,20H,10-13,15-16H2,1-2H3,(H,24,27)/t20-/m0/s1. The quantitative estimate of drug-likeness (QED) is 0.815. The Balaban J connectivity index is 1.49. The van der Waals surface area contributed by atoms with Crippen molar-refractivity contribution >= 4 is 11.6 Å². The average Bonchev–Trinajstić information content (AvgIpc) is 3.23. The summed E-state index contributed by atoms with van der Waals surface area (Å²) in [7, 11) is 0. The lowest BCUT2D eigenvalue weighted by molar-refractivity contribution is -0.124. The third-order valence-electron chi connectivity index (χ3n) is 5.65. The van der Waals surface area contributed by atoms with Gasteiger partial charge in [0.1, 0.15) is 0 Å². The first-order valence-corrected chi connectivity index (χ1v) is 10.3. The Bertz CT molecular complexity index is 833. The van der Waals surface area contributed by atoms with Crippen LogP contribution in [0.5, 0.6) is 11.5 Å². The lowest BCUT2D eigenvalue weighted by Gasteiger charge is -2.40. The second-order valence-electron chi connectivity index (χ2n) is 7.89. The van der Waals surface area contributed by atoms with Crippen LogP contribution in [0.4, 0.5) is 5.69 Å². The second kappa shape index (κ2) is 8.74. The number of anilines is 1. The molecule has 29 heavy (non-hydrogen) atoms. The van der Waals surface area contributed by atoms with Gasteiger partial charge in [0.05, 0.1) is 6.04 Å². The number of carbonyl (C=O) groups is 1. The highest BCUT2D eigenvalue weighted by Gasteiger charge is 2.27. The Labute approximate surface area is 172 Å². The molecule has 1 atom stereocenters. The molecule has 2 aliphatic rings. The first kappa shape index (κ1) is 19.6. The van der Waals surface area contributed by atoms with Gasteiger partial charge in [-0.3, -0.25) is 9.69 Å². The molecule has 0 saturated carbocycles. The second-order valence-corrected chi connectivity index (χ2v) is 7.89. The predicted molar refractivity (Wildman–Crippen MR) is 113 cm³/mol. The van der Waals surface area contributed by atoms with Crippen molar-refractivity contribution in [1.82, 2.24) is 10.2 Å². The molecule has 0 radical (unpaired) electrons. The SMILES string of the molecule is CC(C)C(=O)NC[C@@H](c1ccc2c(c1)OCO2)N1CCN(c2ccccc2)CC1. The molecule has 0 unspecified atom stereocenters. The van der Waals surface area contributed by atoms with Crippen LogP contribution in [-0.2, 0) is 4.79 Å². The maximum atomic E-state index is 12.2. The number of fused-ring (bicyclic) bond motifs is 1. The molecule has 1 fully saturated rings. The fourth-order valence-electron chi connectivity index (χ4n) is 3.91. The number of rotatable bonds is 6. The summed E-state index contributed by atoms with van der Waals surface area (Å²) in [5.41, 5.74) is 2.41. The Morgan fingerprint density at radius 2 is 1.72 bits per heavy atom. The smallest absolute Gasteiger partial charge is 0.231 e. The number of hydrogen-bond acceptors (Lipinski definition) is 5. The van der Waals surface area contributed by atoms with Crippen molar-refractivity contribution in [2.75, 3.05) is 44.4 Å². The van der Waals surface area contributed by atoms with Crippen LogP contribution in [0.25, 0.3) is 0 Å². The minimum Gasteiger partial charge on any atom is -0.454 e. The molecule has 2 heterocycles. The summed E-state index contributed by atoms with van der Waals surface area (Å²) in [5.74, 6) is 1.62. The van der Waals surface area contributed by atoms with Crippen LogP contribution in [0.2, 0.25) is 0 Å². The van der Waals surface area contributed by atoms with Crippen molar-refractivity contribution in [2.45, 2.75) is 19.9 Å². The van der Waals surface area contributed by atoms with Crippen LogP contribution in [0.15, 0.2) is 48.5 Å². The fraction of sp³-hybridized carbons (Fsp3) is 0.435. The number of hydrogen-bond donors (Lipinski definition) is 1. The summed E-state index contributed by atoms with van der Waals surface area (Å²) in [5, 5.41) is 3.12. The molecule has 1 amide bonds. The molecule has 0 bridgehead atoms. The largest absolute Gasteiger partial charge is 0.454 e. The van der Waals surface area contributed by atoms with E-state index in [1.165, 1.54) is 5.69 Å². The molecule has 2 aliphatic heterocycles. The van der Waals surface area contributed by atoms with Crippen LogP contribution < -0.4 is 19.7 Å². The van der Waals surface area contributed by atoms with Crippen LogP contribution in [0.1, 0.15) is 25.5 Å². The molecule has 154 valence electrons. The molecule has 0 spiro atoms. The molecule has 0 aromatic heterocycles. The topological polar surface area (TPSA) is 54.0 Å². The Kier molecular flexibility index (Phi) is 5.90. The third-order valence-corrected chi connectivity index (χ3v) is 5.65. The van der Waals surface area contributed by atoms with E-state index in [1.54, 1.807) is 0 Å². The van der Waals surface area contributed by atoms with E-state index in [1.807, 2.05) is 26.0 Å². The van der Waals surface area contributed by atoms with Gasteiger partial charge in [0.2, 0.25) is 12.7 Å². The van der Waals surface area contributed by atoms with Gasteiger partial charge in [-0.05, 0) is 29.8 Å². The highest BCUT2D eigenvalue weighted by Crippen LogP contribution is 2.35. The summed E-state index contributed by atoms with van der Waals surface area (Å²) in [6, 6.07) is 16.7. The van der Waals surface area contributed by atoms with Gasteiger partial charge in [-0.25, -0.2) is 0 Å². The predicted octanol–water partition coefficient (Wildman–Crippen LogP) is 3.05. The molecule has 4 rings (SSSR count). The van der Waals surface area contributed by atoms with Crippen LogP contribution in [0.3, 0.4) is 0 Å². The van der Waals surface area contributed by atoms with Gasteiger partial charge in [0, 0.05) is 44.3 Å². The summed E-state index contributed by atoms with van der Waals surface area (Å²) in [4.78, 5) is 17.1. The van der Waals surface area contributed by atoms with Gasteiger partial charge in [0.25, 0.3) is 0 Å². The molecule has 2 aromatic carbocycles. The van der Waals surface area contributed by atoms with Crippen LogP contribution in [0, 0.1) is 5.92 Å². The Hall–Kier alpha value is -2.73. The normalized spacial score (nSPS) is 17.4. The number of amides is 1. The number of carbonyl (C=O) groups excluding carboxylic acids is 1. The summed E-state index contributed by atoms with van der Waals surface area (Å²) in [6.45, 7) is 8.49.